The molecule has 0 atom stereocenters. The third kappa shape index (κ3) is 5.97. The minimum atomic E-state index is -3.94. The molecule has 34 heavy (non-hydrogen) atoms. The predicted octanol–water partition coefficient (Wildman–Crippen LogP) is 2.27. The Morgan fingerprint density at radius 3 is 2.44 bits per heavy atom. The average molecular weight is 492 g/mol. The number of ether oxygens (including phenoxy) is 4. The molecule has 0 fully saturated rings. The summed E-state index contributed by atoms with van der Waals surface area (Å²) in [6, 6.07) is 9.54. The normalized spacial score (nSPS) is 15.1. The Morgan fingerprint density at radius 1 is 1.09 bits per heavy atom. The van der Waals surface area contributed by atoms with Gasteiger partial charge >= 0.3 is 0 Å². The SMILES string of the molecule is COc1ccc(S(=O)(=O)N(C)CC(=O)N/N=C/c2ccc3c(c2)OCC(C)(C)CO3)cc1OC. The Balaban J connectivity index is 1.61. The number of benzene rings is 2. The third-order valence-electron chi connectivity index (χ3n) is 5.04. The van der Waals surface area contributed by atoms with Gasteiger partial charge in [0.2, 0.25) is 10.0 Å². The van der Waals surface area contributed by atoms with Crippen molar-refractivity contribution in [1.82, 2.24) is 9.73 Å². The van der Waals surface area contributed by atoms with Gasteiger partial charge in [-0.3, -0.25) is 4.79 Å². The molecule has 0 radical (unpaired) electrons. The molecule has 1 N–H and O–H groups in total. The lowest BCUT2D eigenvalue weighted by molar-refractivity contribution is -0.121. The van der Waals surface area contributed by atoms with E-state index in [1.54, 1.807) is 18.2 Å². The number of carbonyl (C=O) groups excluding carboxylic acids is 1. The molecule has 0 spiro atoms. The van der Waals surface area contributed by atoms with Crippen LogP contribution in [0.3, 0.4) is 0 Å². The predicted molar refractivity (Wildman–Crippen MR) is 126 cm³/mol. The van der Waals surface area contributed by atoms with Crippen LogP contribution in [-0.4, -0.2) is 65.9 Å². The monoisotopic (exact) mass is 491 g/mol. The molecule has 3 rings (SSSR count). The molecule has 11 heteroatoms. The number of hydrogen-bond donors (Lipinski definition) is 1. The highest BCUT2D eigenvalue weighted by atomic mass is 32.2. The van der Waals surface area contributed by atoms with Crippen LogP contribution in [0, 0.1) is 5.41 Å². The number of rotatable bonds is 8. The van der Waals surface area contributed by atoms with E-state index in [-0.39, 0.29) is 16.1 Å². The molecular weight excluding hydrogens is 462 g/mol. The van der Waals surface area contributed by atoms with E-state index < -0.39 is 22.5 Å². The van der Waals surface area contributed by atoms with E-state index in [4.69, 9.17) is 18.9 Å². The van der Waals surface area contributed by atoms with E-state index in [1.165, 1.54) is 45.7 Å². The number of fused-ring (bicyclic) bond motifs is 1. The Morgan fingerprint density at radius 2 is 1.76 bits per heavy atom. The molecule has 0 aliphatic carbocycles. The van der Waals surface area contributed by atoms with Gasteiger partial charge in [-0.15, -0.1) is 0 Å². The maximum atomic E-state index is 12.8. The summed E-state index contributed by atoms with van der Waals surface area (Å²) in [4.78, 5) is 12.2. The van der Waals surface area contributed by atoms with E-state index in [2.05, 4.69) is 24.4 Å². The van der Waals surface area contributed by atoms with Gasteiger partial charge in [0.15, 0.2) is 23.0 Å². The lowest BCUT2D eigenvalue weighted by Crippen LogP contribution is -2.36. The Bertz CT molecular complexity index is 1180. The van der Waals surface area contributed by atoms with Crippen LogP contribution in [0.4, 0.5) is 0 Å². The summed E-state index contributed by atoms with van der Waals surface area (Å²) in [5, 5.41) is 3.92. The van der Waals surface area contributed by atoms with Crippen molar-refractivity contribution in [3.05, 3.63) is 42.0 Å². The van der Waals surface area contributed by atoms with Crippen molar-refractivity contribution < 1.29 is 32.2 Å². The van der Waals surface area contributed by atoms with Gasteiger partial charge in [-0.25, -0.2) is 13.8 Å². The number of sulfonamides is 1. The fourth-order valence-electron chi connectivity index (χ4n) is 3.08. The van der Waals surface area contributed by atoms with Crippen molar-refractivity contribution in [1.29, 1.82) is 0 Å². The molecule has 0 aromatic heterocycles. The summed E-state index contributed by atoms with van der Waals surface area (Å²) in [7, 11) is 0.233. The van der Waals surface area contributed by atoms with Gasteiger partial charge in [0.05, 0.1) is 45.1 Å². The maximum absolute atomic E-state index is 12.8. The first-order valence-corrected chi connectivity index (χ1v) is 11.9. The zero-order valence-electron chi connectivity index (χ0n) is 19.8. The number of hydrogen-bond acceptors (Lipinski definition) is 8. The van der Waals surface area contributed by atoms with Crippen LogP contribution >= 0.6 is 0 Å². The van der Waals surface area contributed by atoms with Crippen LogP contribution in [0.15, 0.2) is 46.4 Å². The van der Waals surface area contributed by atoms with Crippen LogP contribution in [-0.2, 0) is 14.8 Å². The van der Waals surface area contributed by atoms with Crippen molar-refractivity contribution in [2.45, 2.75) is 18.7 Å². The van der Waals surface area contributed by atoms with Gasteiger partial charge in [0.25, 0.3) is 5.91 Å². The highest BCUT2D eigenvalue weighted by molar-refractivity contribution is 7.89. The highest BCUT2D eigenvalue weighted by Crippen LogP contribution is 2.34. The third-order valence-corrected chi connectivity index (χ3v) is 6.84. The molecule has 1 heterocycles. The summed E-state index contributed by atoms with van der Waals surface area (Å²) in [5.41, 5.74) is 2.92. The summed E-state index contributed by atoms with van der Waals surface area (Å²) in [6.07, 6.45) is 1.44. The second-order valence-electron chi connectivity index (χ2n) is 8.52. The standard InChI is InChI=1S/C23H29N3O7S/c1-23(2)14-32-19-8-6-16(10-21(19)33-15-23)12-24-25-22(27)13-26(3)34(28,29)17-7-9-18(30-4)20(11-17)31-5/h6-12H,13-15H2,1-5H3,(H,25,27)/b24-12+. The zero-order valence-corrected chi connectivity index (χ0v) is 20.6. The molecule has 0 saturated carbocycles. The molecule has 1 aliphatic rings. The number of amides is 1. The first-order chi connectivity index (χ1) is 16.1. The lowest BCUT2D eigenvalue weighted by Gasteiger charge is -2.19. The molecule has 0 bridgehead atoms. The number of hydrazone groups is 1. The van der Waals surface area contributed by atoms with E-state index in [0.29, 0.717) is 36.0 Å². The van der Waals surface area contributed by atoms with Crippen LogP contribution in [0.5, 0.6) is 23.0 Å². The molecule has 1 aliphatic heterocycles. The van der Waals surface area contributed by atoms with Crippen molar-refractivity contribution in [2.24, 2.45) is 10.5 Å². The maximum Gasteiger partial charge on any atom is 0.255 e. The van der Waals surface area contributed by atoms with Crippen molar-refractivity contribution >= 4 is 22.1 Å². The molecule has 0 unspecified atom stereocenters. The molecule has 2 aromatic carbocycles. The van der Waals surface area contributed by atoms with Gasteiger partial charge in [-0.2, -0.15) is 9.41 Å². The first-order valence-electron chi connectivity index (χ1n) is 10.5. The van der Waals surface area contributed by atoms with E-state index in [1.807, 2.05) is 0 Å². The summed E-state index contributed by atoms with van der Waals surface area (Å²) < 4.78 is 48.5. The molecular formula is C23H29N3O7S. The second-order valence-corrected chi connectivity index (χ2v) is 10.6. The Kier molecular flexibility index (Phi) is 7.68. The zero-order chi connectivity index (χ0) is 24.9. The molecule has 2 aromatic rings. The highest BCUT2D eigenvalue weighted by Gasteiger charge is 2.26. The second kappa shape index (κ2) is 10.3. The van der Waals surface area contributed by atoms with Gasteiger partial charge < -0.3 is 18.9 Å². The topological polar surface area (TPSA) is 116 Å². The van der Waals surface area contributed by atoms with Crippen molar-refractivity contribution in [3.63, 3.8) is 0 Å². The van der Waals surface area contributed by atoms with Crippen LogP contribution < -0.4 is 24.4 Å². The van der Waals surface area contributed by atoms with Crippen LogP contribution in [0.1, 0.15) is 19.4 Å². The van der Waals surface area contributed by atoms with E-state index in [0.717, 1.165) is 4.31 Å². The van der Waals surface area contributed by atoms with Crippen LogP contribution in [0.2, 0.25) is 0 Å². The van der Waals surface area contributed by atoms with Gasteiger partial charge in [0.1, 0.15) is 0 Å². The number of methoxy groups -OCH3 is 2. The number of likely N-dealkylation sites (N-methyl/N-ethyl adjacent to an activating group) is 1. The largest absolute Gasteiger partial charge is 0.493 e. The fourth-order valence-corrected chi connectivity index (χ4v) is 4.23. The van der Waals surface area contributed by atoms with Crippen molar-refractivity contribution in [3.8, 4) is 23.0 Å². The van der Waals surface area contributed by atoms with Gasteiger partial charge in [0, 0.05) is 18.5 Å². The fraction of sp³-hybridized carbons (Fsp3) is 0.391. The first kappa shape index (κ1) is 25.3. The molecule has 10 nitrogen and oxygen atoms in total. The number of nitrogens with one attached hydrogen (secondary N) is 1. The summed E-state index contributed by atoms with van der Waals surface area (Å²) >= 11 is 0. The Labute approximate surface area is 199 Å². The lowest BCUT2D eigenvalue weighted by atomic mass is 9.97. The van der Waals surface area contributed by atoms with E-state index in [9.17, 15) is 13.2 Å². The van der Waals surface area contributed by atoms with Gasteiger partial charge in [-0.05, 0) is 35.9 Å². The molecule has 0 saturated heterocycles. The van der Waals surface area contributed by atoms with Crippen molar-refractivity contribution in [2.75, 3.05) is 41.0 Å². The Hall–Kier alpha value is -3.31. The van der Waals surface area contributed by atoms with Crippen LogP contribution in [0.25, 0.3) is 0 Å². The minimum Gasteiger partial charge on any atom is -0.493 e. The smallest absolute Gasteiger partial charge is 0.255 e. The molecule has 1 amide bonds. The number of nitrogens with zero attached hydrogens (tertiary/aromatic N) is 2. The summed E-state index contributed by atoms with van der Waals surface area (Å²) in [5.74, 6) is 1.31. The molecule has 184 valence electrons. The van der Waals surface area contributed by atoms with E-state index >= 15 is 0 Å². The number of carbonyl (C=O) groups is 1. The van der Waals surface area contributed by atoms with Gasteiger partial charge in [-0.1, -0.05) is 13.8 Å². The average Bonchev–Trinajstić information content (AvgIpc) is 2.96. The summed E-state index contributed by atoms with van der Waals surface area (Å²) in [6.45, 7) is 4.74. The quantitative estimate of drug-likeness (QED) is 0.445. The minimum absolute atomic E-state index is 0.0284.